The molecule has 0 aliphatic heterocycles. The van der Waals surface area contributed by atoms with Crippen molar-refractivity contribution in [2.45, 2.75) is 13.0 Å². The monoisotopic (exact) mass is 283 g/mol. The average molecular weight is 284 g/mol. The van der Waals surface area contributed by atoms with E-state index in [0.717, 1.165) is 0 Å². The van der Waals surface area contributed by atoms with E-state index in [9.17, 15) is 4.79 Å². The average Bonchev–Trinajstić information content (AvgIpc) is 2.84. The van der Waals surface area contributed by atoms with E-state index in [1.54, 1.807) is 31.2 Å². The molecule has 2 rings (SSSR count). The molecule has 0 saturated heterocycles. The zero-order valence-corrected chi connectivity index (χ0v) is 11.0. The molecule has 7 heteroatoms. The van der Waals surface area contributed by atoms with Crippen LogP contribution < -0.4 is 10.1 Å². The van der Waals surface area contributed by atoms with Crippen LogP contribution in [0.3, 0.4) is 0 Å². The van der Waals surface area contributed by atoms with Crippen LogP contribution in [0.1, 0.15) is 6.92 Å². The first-order chi connectivity index (χ1) is 8.66. The smallest absolute Gasteiger partial charge is 0.266 e. The van der Waals surface area contributed by atoms with Crippen LogP contribution in [0, 0.1) is 0 Å². The number of anilines is 1. The first-order valence-corrected chi connectivity index (χ1v) is 6.41. The molecule has 1 amide bonds. The van der Waals surface area contributed by atoms with Crippen LogP contribution in [0.4, 0.5) is 5.13 Å². The lowest BCUT2D eigenvalue weighted by Crippen LogP contribution is -2.30. The van der Waals surface area contributed by atoms with Crippen molar-refractivity contribution < 1.29 is 9.53 Å². The van der Waals surface area contributed by atoms with E-state index in [-0.39, 0.29) is 5.91 Å². The standard InChI is InChI=1S/C11H10ClN3O2S/c1-7(10(16)14-11-15-13-6-18-11)17-9-5-3-2-4-8(9)12/h2-7H,1H3,(H,14,15,16)/t7-/m0/s1. The van der Waals surface area contributed by atoms with Gasteiger partial charge in [-0.15, -0.1) is 10.2 Å². The highest BCUT2D eigenvalue weighted by molar-refractivity contribution is 7.13. The molecule has 0 aliphatic carbocycles. The maximum Gasteiger partial charge on any atom is 0.266 e. The summed E-state index contributed by atoms with van der Waals surface area (Å²) in [7, 11) is 0. The summed E-state index contributed by atoms with van der Waals surface area (Å²) in [5.41, 5.74) is 1.54. The van der Waals surface area contributed by atoms with Gasteiger partial charge in [0, 0.05) is 0 Å². The molecular weight excluding hydrogens is 274 g/mol. The minimum Gasteiger partial charge on any atom is -0.479 e. The van der Waals surface area contributed by atoms with E-state index in [1.165, 1.54) is 16.8 Å². The molecule has 0 fully saturated rings. The normalized spacial score (nSPS) is 11.9. The highest BCUT2D eigenvalue weighted by atomic mass is 35.5. The molecule has 0 aliphatic rings. The Balaban J connectivity index is 1.97. The first kappa shape index (κ1) is 12.8. The van der Waals surface area contributed by atoms with Crippen LogP contribution >= 0.6 is 22.9 Å². The predicted octanol–water partition coefficient (Wildman–Crippen LogP) is 2.60. The number of benzene rings is 1. The fourth-order valence-corrected chi connectivity index (χ4v) is 1.85. The molecule has 5 nitrogen and oxygen atoms in total. The molecule has 2 aromatic rings. The summed E-state index contributed by atoms with van der Waals surface area (Å²) in [6.07, 6.45) is -0.672. The molecule has 0 saturated carbocycles. The zero-order chi connectivity index (χ0) is 13.0. The lowest BCUT2D eigenvalue weighted by atomic mass is 10.3. The Morgan fingerprint density at radius 1 is 1.50 bits per heavy atom. The van der Waals surface area contributed by atoms with Gasteiger partial charge in [0.2, 0.25) is 5.13 Å². The second-order valence-corrected chi connectivity index (χ2v) is 4.66. The van der Waals surface area contributed by atoms with Crippen LogP contribution in [0.2, 0.25) is 5.02 Å². The molecule has 0 radical (unpaired) electrons. The molecule has 0 spiro atoms. The molecule has 1 atom stereocenters. The van der Waals surface area contributed by atoms with Crippen LogP contribution in [0.25, 0.3) is 0 Å². The summed E-state index contributed by atoms with van der Waals surface area (Å²) in [6.45, 7) is 1.64. The zero-order valence-electron chi connectivity index (χ0n) is 9.46. The molecule has 0 unspecified atom stereocenters. The number of aromatic nitrogens is 2. The molecule has 1 aromatic carbocycles. The molecular formula is C11H10ClN3O2S. The van der Waals surface area contributed by atoms with Crippen molar-refractivity contribution in [3.05, 3.63) is 34.8 Å². The topological polar surface area (TPSA) is 64.1 Å². The van der Waals surface area contributed by atoms with Crippen molar-refractivity contribution in [3.8, 4) is 5.75 Å². The number of ether oxygens (including phenoxy) is 1. The van der Waals surface area contributed by atoms with Gasteiger partial charge in [0.25, 0.3) is 5.91 Å². The van der Waals surface area contributed by atoms with Gasteiger partial charge in [-0.05, 0) is 19.1 Å². The number of carbonyl (C=O) groups excluding carboxylic acids is 1. The van der Waals surface area contributed by atoms with Gasteiger partial charge in [-0.2, -0.15) is 0 Å². The van der Waals surface area contributed by atoms with Crippen molar-refractivity contribution in [1.82, 2.24) is 10.2 Å². The van der Waals surface area contributed by atoms with Crippen LogP contribution in [0.15, 0.2) is 29.8 Å². The minimum absolute atomic E-state index is 0.299. The maximum absolute atomic E-state index is 11.8. The highest BCUT2D eigenvalue weighted by Gasteiger charge is 2.17. The van der Waals surface area contributed by atoms with Gasteiger partial charge in [0.15, 0.2) is 6.10 Å². The SMILES string of the molecule is C[C@H](Oc1ccccc1Cl)C(=O)Nc1nncs1. The van der Waals surface area contributed by atoms with Gasteiger partial charge in [-0.25, -0.2) is 0 Å². The first-order valence-electron chi connectivity index (χ1n) is 5.15. The third-order valence-corrected chi connectivity index (χ3v) is 3.02. The summed E-state index contributed by atoms with van der Waals surface area (Å²) >= 11 is 7.18. The minimum atomic E-state index is -0.672. The Morgan fingerprint density at radius 3 is 2.94 bits per heavy atom. The van der Waals surface area contributed by atoms with E-state index in [4.69, 9.17) is 16.3 Å². The van der Waals surface area contributed by atoms with E-state index in [1.807, 2.05) is 0 Å². The number of halogens is 1. The Hall–Kier alpha value is -1.66. The van der Waals surface area contributed by atoms with Crippen LogP contribution in [-0.2, 0) is 4.79 Å². The number of hydrogen-bond acceptors (Lipinski definition) is 5. The Morgan fingerprint density at radius 2 is 2.28 bits per heavy atom. The molecule has 1 N–H and O–H groups in total. The second-order valence-electron chi connectivity index (χ2n) is 3.42. The quantitative estimate of drug-likeness (QED) is 0.937. The van der Waals surface area contributed by atoms with E-state index in [0.29, 0.717) is 15.9 Å². The van der Waals surface area contributed by atoms with Crippen molar-refractivity contribution in [2.24, 2.45) is 0 Å². The summed E-state index contributed by atoms with van der Waals surface area (Å²) in [5, 5.41) is 10.8. The van der Waals surface area contributed by atoms with E-state index < -0.39 is 6.10 Å². The van der Waals surface area contributed by atoms with Gasteiger partial charge in [0.05, 0.1) is 5.02 Å². The third kappa shape index (κ3) is 3.18. The molecule has 0 bridgehead atoms. The number of carbonyl (C=O) groups is 1. The Kier molecular flexibility index (Phi) is 4.11. The predicted molar refractivity (Wildman–Crippen MR) is 70.1 cm³/mol. The Labute approximate surface area is 113 Å². The number of nitrogens with zero attached hydrogens (tertiary/aromatic N) is 2. The molecule has 1 heterocycles. The molecule has 1 aromatic heterocycles. The number of nitrogens with one attached hydrogen (secondary N) is 1. The van der Waals surface area contributed by atoms with Gasteiger partial charge in [-0.1, -0.05) is 35.1 Å². The Bertz CT molecular complexity index is 533. The van der Waals surface area contributed by atoms with Crippen molar-refractivity contribution >= 4 is 34.0 Å². The fourth-order valence-electron chi connectivity index (χ4n) is 1.22. The summed E-state index contributed by atoms with van der Waals surface area (Å²) < 4.78 is 5.47. The van der Waals surface area contributed by atoms with Crippen molar-refractivity contribution in [1.29, 1.82) is 0 Å². The summed E-state index contributed by atoms with van der Waals surface area (Å²) in [5.74, 6) is 0.172. The number of amides is 1. The lowest BCUT2D eigenvalue weighted by molar-refractivity contribution is -0.122. The maximum atomic E-state index is 11.8. The van der Waals surface area contributed by atoms with Gasteiger partial charge in [0.1, 0.15) is 11.3 Å². The molecule has 18 heavy (non-hydrogen) atoms. The summed E-state index contributed by atoms with van der Waals surface area (Å²) in [4.78, 5) is 11.8. The number of rotatable bonds is 4. The van der Waals surface area contributed by atoms with Gasteiger partial charge < -0.3 is 4.74 Å². The largest absolute Gasteiger partial charge is 0.479 e. The number of para-hydroxylation sites is 1. The van der Waals surface area contributed by atoms with Crippen LogP contribution in [-0.4, -0.2) is 22.2 Å². The van der Waals surface area contributed by atoms with Crippen molar-refractivity contribution in [3.63, 3.8) is 0 Å². The van der Waals surface area contributed by atoms with Crippen LogP contribution in [0.5, 0.6) is 5.75 Å². The third-order valence-electron chi connectivity index (χ3n) is 2.10. The van der Waals surface area contributed by atoms with E-state index >= 15 is 0 Å². The molecule has 94 valence electrons. The van der Waals surface area contributed by atoms with Crippen molar-refractivity contribution in [2.75, 3.05) is 5.32 Å². The fraction of sp³-hybridized carbons (Fsp3) is 0.182. The summed E-state index contributed by atoms with van der Waals surface area (Å²) in [6, 6.07) is 6.99. The number of hydrogen-bond donors (Lipinski definition) is 1. The van der Waals surface area contributed by atoms with Gasteiger partial charge in [-0.3, -0.25) is 10.1 Å². The van der Waals surface area contributed by atoms with Gasteiger partial charge >= 0.3 is 0 Å². The highest BCUT2D eigenvalue weighted by Crippen LogP contribution is 2.24. The second kappa shape index (κ2) is 5.79. The lowest BCUT2D eigenvalue weighted by Gasteiger charge is -2.14. The van der Waals surface area contributed by atoms with E-state index in [2.05, 4.69) is 15.5 Å².